The lowest BCUT2D eigenvalue weighted by Crippen LogP contribution is -2.54. The van der Waals surface area contributed by atoms with Gasteiger partial charge in [0.05, 0.1) is 10.8 Å². The van der Waals surface area contributed by atoms with Gasteiger partial charge in [0.2, 0.25) is 0 Å². The molecule has 0 atom stereocenters. The molecule has 0 saturated heterocycles. The van der Waals surface area contributed by atoms with Crippen LogP contribution in [0.1, 0.15) is 53.4 Å². The number of halogens is 2. The normalized spacial score (nSPS) is 14.2. The molecule has 0 nitrogen and oxygen atoms in total. The average molecular weight is 349 g/mol. The van der Waals surface area contributed by atoms with Crippen LogP contribution in [0.15, 0.2) is 73.9 Å². The van der Waals surface area contributed by atoms with Crippen molar-refractivity contribution in [3.8, 4) is 0 Å². The molecular weight excluding hydrogens is 314 g/mol. The van der Waals surface area contributed by atoms with E-state index in [1.54, 1.807) is 36.5 Å². The minimum absolute atomic E-state index is 0.308. The SMILES string of the molecule is C=C/C=C(\C=C)C(CC)(CC)C(F)(F)C(CC)(CC)/C(C=C)=C/C=C. The number of hydrogen-bond acceptors (Lipinski definition) is 0. The Hall–Kier alpha value is -1.70. The molecule has 0 saturated carbocycles. The zero-order valence-corrected chi connectivity index (χ0v) is 16.4. The van der Waals surface area contributed by atoms with Gasteiger partial charge in [0.1, 0.15) is 0 Å². The molecule has 0 N–H and O–H groups in total. The van der Waals surface area contributed by atoms with E-state index in [0.29, 0.717) is 36.8 Å². The van der Waals surface area contributed by atoms with E-state index < -0.39 is 16.8 Å². The van der Waals surface area contributed by atoms with Gasteiger partial charge in [-0.1, -0.05) is 90.5 Å². The van der Waals surface area contributed by atoms with Crippen LogP contribution in [0.5, 0.6) is 0 Å². The highest BCUT2D eigenvalue weighted by atomic mass is 19.3. The Morgan fingerprint density at radius 3 is 1.12 bits per heavy atom. The van der Waals surface area contributed by atoms with Gasteiger partial charge in [0.15, 0.2) is 0 Å². The Morgan fingerprint density at radius 2 is 0.960 bits per heavy atom. The maximum Gasteiger partial charge on any atom is 0.267 e. The molecule has 0 rings (SSSR count). The second kappa shape index (κ2) is 9.70. The van der Waals surface area contributed by atoms with Crippen molar-refractivity contribution in [2.75, 3.05) is 0 Å². The van der Waals surface area contributed by atoms with Crippen molar-refractivity contribution in [1.29, 1.82) is 0 Å². The van der Waals surface area contributed by atoms with Crippen LogP contribution in [0, 0.1) is 10.8 Å². The summed E-state index contributed by atoms with van der Waals surface area (Å²) in [7, 11) is 0. The third-order valence-electron chi connectivity index (χ3n) is 5.76. The molecule has 0 aromatic carbocycles. The van der Waals surface area contributed by atoms with Crippen molar-refractivity contribution in [1.82, 2.24) is 0 Å². The molecule has 0 spiro atoms. The molecule has 0 aliphatic rings. The summed E-state index contributed by atoms with van der Waals surface area (Å²) >= 11 is 0. The van der Waals surface area contributed by atoms with Crippen LogP contribution in [0.3, 0.4) is 0 Å². The van der Waals surface area contributed by atoms with Crippen molar-refractivity contribution in [3.63, 3.8) is 0 Å². The van der Waals surface area contributed by atoms with Gasteiger partial charge < -0.3 is 0 Å². The van der Waals surface area contributed by atoms with Gasteiger partial charge in [-0.25, -0.2) is 8.78 Å². The van der Waals surface area contributed by atoms with Crippen molar-refractivity contribution < 1.29 is 8.78 Å². The van der Waals surface area contributed by atoms with Gasteiger partial charge in [0, 0.05) is 0 Å². The van der Waals surface area contributed by atoms with Gasteiger partial charge in [-0.15, -0.1) is 0 Å². The Kier molecular flexibility index (Phi) is 9.04. The van der Waals surface area contributed by atoms with Crippen molar-refractivity contribution >= 4 is 0 Å². The number of allylic oxidation sites excluding steroid dienone is 8. The van der Waals surface area contributed by atoms with E-state index in [1.165, 1.54) is 0 Å². The molecule has 0 heterocycles. The zero-order chi connectivity index (χ0) is 19.7. The third kappa shape index (κ3) is 3.63. The van der Waals surface area contributed by atoms with Crippen LogP contribution in [-0.2, 0) is 0 Å². The van der Waals surface area contributed by atoms with E-state index in [-0.39, 0.29) is 0 Å². The molecule has 0 aliphatic heterocycles. The van der Waals surface area contributed by atoms with Gasteiger partial charge in [-0.2, -0.15) is 0 Å². The Morgan fingerprint density at radius 1 is 0.680 bits per heavy atom. The molecule has 0 bridgehead atoms. The first kappa shape index (κ1) is 23.3. The van der Waals surface area contributed by atoms with E-state index in [0.717, 1.165) is 0 Å². The molecule has 0 unspecified atom stereocenters. The lowest BCUT2D eigenvalue weighted by molar-refractivity contribution is -0.187. The molecule has 0 radical (unpaired) electrons. The Bertz CT molecular complexity index is 490. The Labute approximate surface area is 153 Å². The van der Waals surface area contributed by atoms with E-state index >= 15 is 8.78 Å². The molecule has 25 heavy (non-hydrogen) atoms. The topological polar surface area (TPSA) is 0 Å². The largest absolute Gasteiger partial charge is 0.267 e. The molecule has 0 aliphatic carbocycles. The maximum absolute atomic E-state index is 16.3. The minimum Gasteiger partial charge on any atom is -0.205 e. The fraction of sp³-hybridized carbons (Fsp3) is 0.478. The Balaban J connectivity index is 6.95. The average Bonchev–Trinajstić information content (AvgIpc) is 2.62. The number of rotatable bonds is 12. The second-order valence-corrected chi connectivity index (χ2v) is 6.28. The summed E-state index contributed by atoms with van der Waals surface area (Å²) < 4.78 is 32.7. The molecule has 0 aromatic rings. The van der Waals surface area contributed by atoms with E-state index in [4.69, 9.17) is 0 Å². The first-order valence-electron chi connectivity index (χ1n) is 9.07. The van der Waals surface area contributed by atoms with Crippen LogP contribution >= 0.6 is 0 Å². The molecule has 2 heteroatoms. The monoisotopic (exact) mass is 348 g/mol. The summed E-state index contributed by atoms with van der Waals surface area (Å²) in [6, 6.07) is 0. The zero-order valence-electron chi connectivity index (χ0n) is 16.4. The predicted molar refractivity (Wildman–Crippen MR) is 108 cm³/mol. The summed E-state index contributed by atoms with van der Waals surface area (Å²) in [6.45, 7) is 22.2. The standard InChI is InChI=1S/C23H34F2/c1-9-17-19(11-3)21(13-5,14-6)23(24,25)22(15-7,16-8)20(12-4)18-10-2/h9-12,17-18H,1-4,13-16H2,5-8H3/b19-17+,20-18+. The number of alkyl halides is 2. The highest BCUT2D eigenvalue weighted by molar-refractivity contribution is 5.38. The summed E-state index contributed by atoms with van der Waals surface area (Å²) in [5.74, 6) is -3.00. The first-order valence-corrected chi connectivity index (χ1v) is 9.07. The smallest absolute Gasteiger partial charge is 0.205 e. The lowest BCUT2D eigenvalue weighted by Gasteiger charge is -2.51. The fourth-order valence-corrected chi connectivity index (χ4v) is 4.12. The van der Waals surface area contributed by atoms with Gasteiger partial charge in [-0.3, -0.25) is 0 Å². The second-order valence-electron chi connectivity index (χ2n) is 6.28. The summed E-state index contributed by atoms with van der Waals surface area (Å²) in [6.07, 6.45) is 10.8. The van der Waals surface area contributed by atoms with Crippen molar-refractivity contribution in [2.45, 2.75) is 59.3 Å². The van der Waals surface area contributed by atoms with E-state index in [1.807, 2.05) is 27.7 Å². The van der Waals surface area contributed by atoms with Crippen molar-refractivity contribution in [3.05, 3.63) is 73.9 Å². The molecule has 140 valence electrons. The highest BCUT2D eigenvalue weighted by Gasteiger charge is 2.64. The molecule has 0 aromatic heterocycles. The van der Waals surface area contributed by atoms with Gasteiger partial charge in [0.25, 0.3) is 5.92 Å². The van der Waals surface area contributed by atoms with Crippen LogP contribution in [0.2, 0.25) is 0 Å². The van der Waals surface area contributed by atoms with E-state index in [9.17, 15) is 0 Å². The van der Waals surface area contributed by atoms with Crippen LogP contribution in [-0.4, -0.2) is 5.92 Å². The minimum atomic E-state index is -3.00. The van der Waals surface area contributed by atoms with Crippen molar-refractivity contribution in [2.24, 2.45) is 10.8 Å². The summed E-state index contributed by atoms with van der Waals surface area (Å²) in [5, 5.41) is 0. The lowest BCUT2D eigenvalue weighted by atomic mass is 9.57. The summed E-state index contributed by atoms with van der Waals surface area (Å²) in [4.78, 5) is 0. The number of hydrogen-bond donors (Lipinski definition) is 0. The third-order valence-corrected chi connectivity index (χ3v) is 5.76. The van der Waals surface area contributed by atoms with Crippen LogP contribution < -0.4 is 0 Å². The van der Waals surface area contributed by atoms with Crippen LogP contribution in [0.25, 0.3) is 0 Å². The molecule has 0 amide bonds. The fourth-order valence-electron chi connectivity index (χ4n) is 4.12. The first-order chi connectivity index (χ1) is 11.8. The maximum atomic E-state index is 16.3. The van der Waals surface area contributed by atoms with E-state index in [2.05, 4.69) is 26.3 Å². The van der Waals surface area contributed by atoms with Crippen LogP contribution in [0.4, 0.5) is 8.78 Å². The predicted octanol–water partition coefficient (Wildman–Crippen LogP) is 7.83. The summed E-state index contributed by atoms with van der Waals surface area (Å²) in [5.41, 5.74) is -1.58. The van der Waals surface area contributed by atoms with Gasteiger partial charge >= 0.3 is 0 Å². The molecule has 0 fully saturated rings. The van der Waals surface area contributed by atoms with Gasteiger partial charge in [-0.05, 0) is 36.8 Å². The highest BCUT2D eigenvalue weighted by Crippen LogP contribution is 2.61. The quantitative estimate of drug-likeness (QED) is 0.315. The molecular formula is C23H34F2.